The topological polar surface area (TPSA) is 163 Å². The maximum absolute atomic E-state index is 15.1. The van der Waals surface area contributed by atoms with Crippen molar-refractivity contribution >= 4 is 48.8 Å². The van der Waals surface area contributed by atoms with E-state index in [0.717, 1.165) is 23.4 Å². The molecule has 1 heterocycles. The summed E-state index contributed by atoms with van der Waals surface area (Å²) in [7, 11) is -8.14. The highest BCUT2D eigenvalue weighted by Gasteiger charge is 2.50. The van der Waals surface area contributed by atoms with E-state index in [1.807, 2.05) is 54.6 Å². The molecule has 266 valence electrons. The van der Waals surface area contributed by atoms with E-state index < -0.39 is 37.1 Å². The number of anilines is 2. The van der Waals surface area contributed by atoms with E-state index in [2.05, 4.69) is 40.5 Å². The second kappa shape index (κ2) is 13.6. The number of ketones is 1. The van der Waals surface area contributed by atoms with Gasteiger partial charge in [-0.05, 0) is 53.6 Å². The van der Waals surface area contributed by atoms with Crippen molar-refractivity contribution in [3.05, 3.63) is 125 Å². The minimum atomic E-state index is -4.45. The van der Waals surface area contributed by atoms with Crippen LogP contribution in [0.3, 0.4) is 0 Å². The summed E-state index contributed by atoms with van der Waals surface area (Å²) >= 11 is 0. The van der Waals surface area contributed by atoms with Gasteiger partial charge < -0.3 is 15.2 Å². The zero-order valence-electron chi connectivity index (χ0n) is 28.7. The number of aliphatic hydroxyl groups is 1. The van der Waals surface area contributed by atoms with Crippen LogP contribution >= 0.6 is 0 Å². The summed E-state index contributed by atoms with van der Waals surface area (Å²) in [6.45, 7) is 6.78. The summed E-state index contributed by atoms with van der Waals surface area (Å²) in [6, 6.07) is 28.3. The minimum absolute atomic E-state index is 0.0310. The highest BCUT2D eigenvalue weighted by Crippen LogP contribution is 2.44. The molecule has 4 aromatic carbocycles. The van der Waals surface area contributed by atoms with Gasteiger partial charge in [0.05, 0.1) is 11.9 Å². The number of rotatable bonds is 11. The van der Waals surface area contributed by atoms with Gasteiger partial charge in [0.2, 0.25) is 10.0 Å². The predicted octanol–water partition coefficient (Wildman–Crippen LogP) is 6.51. The molecule has 0 amide bonds. The van der Waals surface area contributed by atoms with E-state index in [0.29, 0.717) is 36.3 Å². The number of nitrogens with one attached hydrogen (secondary N) is 3. The Balaban J connectivity index is 1.41. The molecule has 13 heteroatoms. The van der Waals surface area contributed by atoms with Gasteiger partial charge in [0.15, 0.2) is 11.6 Å². The summed E-state index contributed by atoms with van der Waals surface area (Å²) in [6.07, 6.45) is 1.86. The smallest absolute Gasteiger partial charge is 0.286 e. The van der Waals surface area contributed by atoms with Gasteiger partial charge in [-0.25, -0.2) is 8.42 Å². The van der Waals surface area contributed by atoms with E-state index >= 15 is 4.79 Å². The number of nitrogens with zero attached hydrogens (tertiary/aromatic N) is 1. The van der Waals surface area contributed by atoms with Crippen LogP contribution in [0.1, 0.15) is 55.9 Å². The Morgan fingerprint density at radius 2 is 1.63 bits per heavy atom. The van der Waals surface area contributed by atoms with Crippen LogP contribution in [0.2, 0.25) is 0 Å². The SMILES string of the molecule is CC(C)(C)CCC1(NCc2ccccc2OCc2ccccc2)C(=O)C(C2=NS(=O)(=O)c3cc(NS(C)(=O)=O)ccc3N2)=C(O)c2ccccc21. The zero-order chi connectivity index (χ0) is 36.6. The third-order valence-electron chi connectivity index (χ3n) is 8.80. The average molecular weight is 729 g/mol. The number of aliphatic hydroxyl groups excluding tert-OH is 1. The van der Waals surface area contributed by atoms with Crippen molar-refractivity contribution in [2.75, 3.05) is 16.3 Å². The number of amidine groups is 1. The number of para-hydroxylation sites is 1. The van der Waals surface area contributed by atoms with Crippen LogP contribution in [0.4, 0.5) is 11.4 Å². The van der Waals surface area contributed by atoms with Gasteiger partial charge in [0.1, 0.15) is 34.1 Å². The fourth-order valence-electron chi connectivity index (χ4n) is 6.25. The Morgan fingerprint density at radius 3 is 2.35 bits per heavy atom. The molecule has 11 nitrogen and oxygen atoms in total. The maximum atomic E-state index is 15.1. The highest BCUT2D eigenvalue weighted by atomic mass is 32.2. The molecule has 4 aromatic rings. The van der Waals surface area contributed by atoms with Crippen molar-refractivity contribution in [1.82, 2.24) is 5.32 Å². The number of hydrogen-bond donors (Lipinski definition) is 4. The molecule has 0 radical (unpaired) electrons. The van der Waals surface area contributed by atoms with Crippen LogP contribution in [-0.2, 0) is 43.5 Å². The Morgan fingerprint density at radius 1 is 0.941 bits per heavy atom. The monoisotopic (exact) mass is 728 g/mol. The lowest BCUT2D eigenvalue weighted by Gasteiger charge is -2.41. The van der Waals surface area contributed by atoms with Crippen molar-refractivity contribution in [3.8, 4) is 5.75 Å². The second-order valence-electron chi connectivity index (χ2n) is 13.9. The Kier molecular flexibility index (Phi) is 9.57. The summed E-state index contributed by atoms with van der Waals surface area (Å²) in [5, 5.41) is 18.2. The molecule has 1 atom stereocenters. The second-order valence-corrected chi connectivity index (χ2v) is 17.2. The maximum Gasteiger partial charge on any atom is 0.286 e. The molecule has 1 unspecified atom stereocenters. The van der Waals surface area contributed by atoms with Crippen molar-refractivity contribution in [1.29, 1.82) is 0 Å². The first-order valence-electron chi connectivity index (χ1n) is 16.4. The largest absolute Gasteiger partial charge is 0.506 e. The molecule has 0 aromatic heterocycles. The number of benzene rings is 4. The van der Waals surface area contributed by atoms with Crippen LogP contribution in [-0.4, -0.2) is 39.8 Å². The first-order chi connectivity index (χ1) is 24.1. The van der Waals surface area contributed by atoms with Crippen LogP contribution in [0, 0.1) is 5.41 Å². The van der Waals surface area contributed by atoms with Gasteiger partial charge in [-0.15, -0.1) is 4.40 Å². The Hall–Kier alpha value is -4.98. The van der Waals surface area contributed by atoms with E-state index in [-0.39, 0.29) is 39.6 Å². The average Bonchev–Trinajstić information content (AvgIpc) is 3.07. The first kappa shape index (κ1) is 35.8. The third-order valence-corrected chi connectivity index (χ3v) is 10.7. The van der Waals surface area contributed by atoms with Gasteiger partial charge >= 0.3 is 0 Å². The Bertz CT molecular complexity index is 2280. The van der Waals surface area contributed by atoms with Crippen LogP contribution in [0.25, 0.3) is 5.76 Å². The molecule has 1 aliphatic heterocycles. The Labute approximate surface area is 298 Å². The molecule has 2 aliphatic rings. The van der Waals surface area contributed by atoms with E-state index in [1.54, 1.807) is 24.3 Å². The summed E-state index contributed by atoms with van der Waals surface area (Å²) in [5.74, 6) is -0.654. The lowest BCUT2D eigenvalue weighted by molar-refractivity contribution is -0.122. The molecule has 4 N–H and O–H groups in total. The van der Waals surface area contributed by atoms with Crippen LogP contribution < -0.4 is 20.1 Å². The fraction of sp³-hybridized carbons (Fsp3) is 0.263. The van der Waals surface area contributed by atoms with Crippen molar-refractivity contribution in [3.63, 3.8) is 0 Å². The van der Waals surface area contributed by atoms with Crippen molar-refractivity contribution in [2.45, 2.75) is 57.2 Å². The summed E-state index contributed by atoms with van der Waals surface area (Å²) < 4.78 is 63.2. The van der Waals surface area contributed by atoms with Gasteiger partial charge in [-0.3, -0.25) is 14.8 Å². The molecule has 51 heavy (non-hydrogen) atoms. The van der Waals surface area contributed by atoms with Gasteiger partial charge in [0, 0.05) is 23.4 Å². The molecular formula is C38H40N4O7S2. The highest BCUT2D eigenvalue weighted by molar-refractivity contribution is 7.92. The first-order valence-corrected chi connectivity index (χ1v) is 19.7. The number of carbonyl (C=O) groups is 1. The van der Waals surface area contributed by atoms with Crippen LogP contribution in [0.5, 0.6) is 5.75 Å². The number of Topliss-reactive ketones (excluding diaryl/α,β-unsaturated/α-hetero) is 1. The normalized spacial score (nSPS) is 18.3. The van der Waals surface area contributed by atoms with E-state index in [4.69, 9.17) is 4.74 Å². The lowest BCUT2D eigenvalue weighted by atomic mass is 9.69. The molecular weight excluding hydrogens is 689 g/mol. The van der Waals surface area contributed by atoms with Gasteiger partial charge in [0.25, 0.3) is 10.0 Å². The number of sulfonamides is 2. The molecule has 0 saturated heterocycles. The molecule has 1 aliphatic carbocycles. The summed E-state index contributed by atoms with van der Waals surface area (Å²) in [4.78, 5) is 14.8. The zero-order valence-corrected chi connectivity index (χ0v) is 30.4. The van der Waals surface area contributed by atoms with E-state index in [1.165, 1.54) is 12.1 Å². The number of hydrogen-bond acceptors (Lipinski definition) is 9. The van der Waals surface area contributed by atoms with Gasteiger partial charge in [-0.2, -0.15) is 8.42 Å². The van der Waals surface area contributed by atoms with Gasteiger partial charge in [-0.1, -0.05) is 93.6 Å². The molecule has 0 fully saturated rings. The molecule has 0 spiro atoms. The molecule has 0 saturated carbocycles. The van der Waals surface area contributed by atoms with E-state index in [9.17, 15) is 21.9 Å². The number of fused-ring (bicyclic) bond motifs is 2. The quantitative estimate of drug-likeness (QED) is 0.135. The molecule has 0 bridgehead atoms. The lowest BCUT2D eigenvalue weighted by Crippen LogP contribution is -2.54. The molecule has 6 rings (SSSR count). The van der Waals surface area contributed by atoms with Crippen molar-refractivity contribution in [2.24, 2.45) is 9.81 Å². The standard InChI is InChI=1S/C38H40N4O7S2/c1-37(2,3)20-21-38(39-23-26-14-8-11-17-31(26)49-24-25-12-6-5-7-13-25)29-16-10-9-15-28(29)34(43)33(35(38)44)36-40-30-19-18-27(41-50(4,45)46)22-32(30)51(47,48)42-36/h5-19,22,39,41,43H,20-21,23-24H2,1-4H3,(H,40,42). The fourth-order valence-corrected chi connectivity index (χ4v) is 7.95. The third kappa shape index (κ3) is 7.70. The minimum Gasteiger partial charge on any atom is -0.506 e. The number of carbonyl (C=O) groups excluding carboxylic acids is 1. The predicted molar refractivity (Wildman–Crippen MR) is 199 cm³/mol. The number of ether oxygens (including phenoxy) is 1. The van der Waals surface area contributed by atoms with Crippen molar-refractivity contribution < 1.29 is 31.5 Å². The van der Waals surface area contributed by atoms with Crippen LogP contribution in [0.15, 0.2) is 112 Å². The summed E-state index contributed by atoms with van der Waals surface area (Å²) in [5.41, 5.74) is 0.950.